The average Bonchev–Trinajstić information content (AvgIpc) is 2.71. The molecule has 2 fully saturated rings. The number of amides is 1. The van der Waals surface area contributed by atoms with E-state index in [9.17, 15) is 9.90 Å². The lowest BCUT2D eigenvalue weighted by Gasteiger charge is -2.40. The molecule has 3 rings (SSSR count). The molecule has 20 heavy (non-hydrogen) atoms. The molecule has 1 amide bonds. The monoisotopic (exact) mass is 274 g/mol. The first-order chi connectivity index (χ1) is 9.65. The quantitative estimate of drug-likeness (QED) is 0.921. The molecule has 3 atom stereocenters. The summed E-state index contributed by atoms with van der Waals surface area (Å²) in [6.45, 7) is 0.942. The van der Waals surface area contributed by atoms with Gasteiger partial charge in [-0.2, -0.15) is 0 Å². The first-order valence-electron chi connectivity index (χ1n) is 7.40. The molecule has 108 valence electrons. The SMILES string of the molecule is CN(Cc1ccccc1)[C@@H]1C[C@H]2CC[C@@H](C1)N2C(=O)O. The topological polar surface area (TPSA) is 43.8 Å². The molecule has 0 spiro atoms. The highest BCUT2D eigenvalue weighted by molar-refractivity contribution is 5.66. The van der Waals surface area contributed by atoms with E-state index in [1.165, 1.54) is 5.56 Å². The van der Waals surface area contributed by atoms with Gasteiger partial charge in [-0.3, -0.25) is 4.90 Å². The molecule has 0 aliphatic carbocycles. The number of benzene rings is 1. The Morgan fingerprint density at radius 2 is 1.85 bits per heavy atom. The van der Waals surface area contributed by atoms with E-state index >= 15 is 0 Å². The van der Waals surface area contributed by atoms with E-state index in [2.05, 4.69) is 36.2 Å². The van der Waals surface area contributed by atoms with E-state index in [1.54, 1.807) is 4.90 Å². The Bertz CT molecular complexity index is 463. The van der Waals surface area contributed by atoms with Gasteiger partial charge in [0.2, 0.25) is 0 Å². The maximum atomic E-state index is 11.3. The Morgan fingerprint density at radius 3 is 2.40 bits per heavy atom. The number of hydrogen-bond donors (Lipinski definition) is 1. The second kappa shape index (κ2) is 5.44. The molecule has 0 unspecified atom stereocenters. The lowest BCUT2D eigenvalue weighted by atomic mass is 9.96. The van der Waals surface area contributed by atoms with Crippen molar-refractivity contribution in [3.05, 3.63) is 35.9 Å². The summed E-state index contributed by atoms with van der Waals surface area (Å²) in [6.07, 6.45) is 3.29. The van der Waals surface area contributed by atoms with Crippen molar-refractivity contribution < 1.29 is 9.90 Å². The summed E-state index contributed by atoms with van der Waals surface area (Å²) in [5, 5.41) is 9.29. The maximum absolute atomic E-state index is 11.3. The minimum Gasteiger partial charge on any atom is -0.465 e. The molecule has 1 N–H and O–H groups in total. The zero-order valence-corrected chi connectivity index (χ0v) is 11.9. The molecular weight excluding hydrogens is 252 g/mol. The van der Waals surface area contributed by atoms with Crippen molar-refractivity contribution in [1.29, 1.82) is 0 Å². The number of hydrogen-bond acceptors (Lipinski definition) is 2. The van der Waals surface area contributed by atoms with E-state index in [0.717, 1.165) is 32.2 Å². The molecule has 4 heteroatoms. The predicted octanol–water partition coefficient (Wildman–Crippen LogP) is 2.79. The zero-order chi connectivity index (χ0) is 14.1. The van der Waals surface area contributed by atoms with E-state index in [0.29, 0.717) is 6.04 Å². The van der Waals surface area contributed by atoms with Crippen LogP contribution in [0.25, 0.3) is 0 Å². The van der Waals surface area contributed by atoms with Gasteiger partial charge in [-0.05, 0) is 38.3 Å². The third kappa shape index (κ3) is 2.52. The van der Waals surface area contributed by atoms with Crippen LogP contribution in [-0.2, 0) is 6.54 Å². The van der Waals surface area contributed by atoms with Crippen molar-refractivity contribution in [2.45, 2.75) is 50.4 Å². The highest BCUT2D eigenvalue weighted by Crippen LogP contribution is 2.37. The lowest BCUT2D eigenvalue weighted by molar-refractivity contribution is 0.0631. The van der Waals surface area contributed by atoms with Crippen LogP contribution in [0.1, 0.15) is 31.2 Å². The van der Waals surface area contributed by atoms with Gasteiger partial charge in [-0.1, -0.05) is 30.3 Å². The maximum Gasteiger partial charge on any atom is 0.407 e. The third-order valence-corrected chi connectivity index (χ3v) is 4.83. The van der Waals surface area contributed by atoms with Gasteiger partial charge in [0, 0.05) is 24.7 Å². The molecule has 2 aliphatic heterocycles. The molecule has 2 heterocycles. The number of nitrogens with zero attached hydrogens (tertiary/aromatic N) is 2. The van der Waals surface area contributed by atoms with Crippen LogP contribution in [-0.4, -0.2) is 46.2 Å². The Hall–Kier alpha value is -1.55. The Kier molecular flexibility index (Phi) is 3.66. The summed E-state index contributed by atoms with van der Waals surface area (Å²) in [6, 6.07) is 11.4. The minimum atomic E-state index is -0.735. The van der Waals surface area contributed by atoms with Crippen molar-refractivity contribution in [3.8, 4) is 0 Å². The number of fused-ring (bicyclic) bond motifs is 2. The van der Waals surface area contributed by atoms with Crippen LogP contribution in [0.3, 0.4) is 0 Å². The van der Waals surface area contributed by atoms with Crippen LogP contribution in [0, 0.1) is 0 Å². The molecular formula is C16H22N2O2. The Balaban J connectivity index is 1.64. The summed E-state index contributed by atoms with van der Waals surface area (Å²) < 4.78 is 0. The van der Waals surface area contributed by atoms with Gasteiger partial charge in [-0.25, -0.2) is 4.79 Å². The fraction of sp³-hybridized carbons (Fsp3) is 0.562. The molecule has 1 aromatic carbocycles. The molecule has 4 nitrogen and oxygen atoms in total. The van der Waals surface area contributed by atoms with Gasteiger partial charge in [0.25, 0.3) is 0 Å². The van der Waals surface area contributed by atoms with Crippen molar-refractivity contribution in [3.63, 3.8) is 0 Å². The normalized spacial score (nSPS) is 28.9. The zero-order valence-electron chi connectivity index (χ0n) is 11.9. The molecule has 2 bridgehead atoms. The van der Waals surface area contributed by atoms with Crippen molar-refractivity contribution in [2.24, 2.45) is 0 Å². The fourth-order valence-corrected chi connectivity index (χ4v) is 3.82. The lowest BCUT2D eigenvalue weighted by Crippen LogP contribution is -2.51. The molecule has 0 radical (unpaired) electrons. The molecule has 0 saturated carbocycles. The summed E-state index contributed by atoms with van der Waals surface area (Å²) in [7, 11) is 2.16. The van der Waals surface area contributed by atoms with Crippen molar-refractivity contribution in [2.75, 3.05) is 7.05 Å². The van der Waals surface area contributed by atoms with E-state index in [4.69, 9.17) is 0 Å². The summed E-state index contributed by atoms with van der Waals surface area (Å²) >= 11 is 0. The first kappa shape index (κ1) is 13.4. The van der Waals surface area contributed by atoms with Crippen LogP contribution in [0.5, 0.6) is 0 Å². The second-order valence-electron chi connectivity index (χ2n) is 6.10. The first-order valence-corrected chi connectivity index (χ1v) is 7.40. The summed E-state index contributed by atoms with van der Waals surface area (Å²) in [5.74, 6) is 0. The number of carboxylic acid groups (broad SMARTS) is 1. The van der Waals surface area contributed by atoms with E-state index in [1.807, 2.05) is 6.07 Å². The van der Waals surface area contributed by atoms with Gasteiger partial charge >= 0.3 is 6.09 Å². The largest absolute Gasteiger partial charge is 0.465 e. The summed E-state index contributed by atoms with van der Waals surface area (Å²) in [4.78, 5) is 15.4. The average molecular weight is 274 g/mol. The third-order valence-electron chi connectivity index (χ3n) is 4.83. The van der Waals surface area contributed by atoms with Crippen molar-refractivity contribution in [1.82, 2.24) is 9.80 Å². The highest BCUT2D eigenvalue weighted by Gasteiger charge is 2.44. The van der Waals surface area contributed by atoms with Gasteiger partial charge < -0.3 is 10.0 Å². The van der Waals surface area contributed by atoms with Gasteiger partial charge in [0.15, 0.2) is 0 Å². The van der Waals surface area contributed by atoms with Crippen LogP contribution in [0.4, 0.5) is 4.79 Å². The molecule has 0 aromatic heterocycles. The van der Waals surface area contributed by atoms with Gasteiger partial charge in [-0.15, -0.1) is 0 Å². The Labute approximate surface area is 120 Å². The fourth-order valence-electron chi connectivity index (χ4n) is 3.82. The summed E-state index contributed by atoms with van der Waals surface area (Å²) in [5.41, 5.74) is 1.32. The van der Waals surface area contributed by atoms with E-state index in [-0.39, 0.29) is 12.1 Å². The molecule has 2 saturated heterocycles. The van der Waals surface area contributed by atoms with Crippen LogP contribution in [0.15, 0.2) is 30.3 Å². The van der Waals surface area contributed by atoms with Crippen LogP contribution in [0.2, 0.25) is 0 Å². The molecule has 1 aromatic rings. The van der Waals surface area contributed by atoms with Crippen LogP contribution >= 0.6 is 0 Å². The van der Waals surface area contributed by atoms with E-state index < -0.39 is 6.09 Å². The van der Waals surface area contributed by atoms with Crippen molar-refractivity contribution >= 4 is 6.09 Å². The standard InChI is InChI=1S/C16H22N2O2/c1-17(11-12-5-3-2-4-6-12)15-9-13-7-8-14(10-15)18(13)16(19)20/h2-6,13-15H,7-11H2,1H3,(H,19,20)/t13-,14+,15-. The number of piperidine rings is 1. The predicted molar refractivity (Wildman–Crippen MR) is 77.6 cm³/mol. The Morgan fingerprint density at radius 1 is 1.25 bits per heavy atom. The molecule has 2 aliphatic rings. The highest BCUT2D eigenvalue weighted by atomic mass is 16.4. The second-order valence-corrected chi connectivity index (χ2v) is 6.10. The number of rotatable bonds is 3. The number of carbonyl (C=O) groups is 1. The van der Waals surface area contributed by atoms with Gasteiger partial charge in [0.05, 0.1) is 0 Å². The minimum absolute atomic E-state index is 0.231. The van der Waals surface area contributed by atoms with Gasteiger partial charge in [0.1, 0.15) is 0 Å². The smallest absolute Gasteiger partial charge is 0.407 e. The van der Waals surface area contributed by atoms with Crippen LogP contribution < -0.4 is 0 Å².